The highest BCUT2D eigenvalue weighted by Gasteiger charge is 2.19. The smallest absolute Gasteiger partial charge is 0.134 e. The molecule has 3 rings (SSSR count). The van der Waals surface area contributed by atoms with E-state index in [1.165, 1.54) is 11.3 Å². The van der Waals surface area contributed by atoms with Crippen LogP contribution in [0.2, 0.25) is 0 Å². The zero-order valence-corrected chi connectivity index (χ0v) is 16.5. The van der Waals surface area contributed by atoms with Gasteiger partial charge >= 0.3 is 0 Å². The summed E-state index contributed by atoms with van der Waals surface area (Å²) in [5.74, 6) is 3.50. The molecule has 0 aliphatic carbocycles. The molecule has 1 N–H and O–H groups in total. The Morgan fingerprint density at radius 3 is 2.42 bits per heavy atom. The van der Waals surface area contributed by atoms with Gasteiger partial charge in [-0.2, -0.15) is 0 Å². The Bertz CT molecular complexity index is 720. The van der Waals surface area contributed by atoms with Crippen molar-refractivity contribution in [2.24, 2.45) is 5.92 Å². The second-order valence-corrected chi connectivity index (χ2v) is 7.58. The molecule has 1 aliphatic rings. The molecule has 26 heavy (non-hydrogen) atoms. The van der Waals surface area contributed by atoms with E-state index in [0.29, 0.717) is 5.92 Å². The molecule has 1 fully saturated rings. The Hall–Kier alpha value is -2.30. The summed E-state index contributed by atoms with van der Waals surface area (Å²) >= 11 is 0. The molecule has 0 spiro atoms. The van der Waals surface area contributed by atoms with E-state index in [1.807, 2.05) is 6.92 Å². The van der Waals surface area contributed by atoms with Gasteiger partial charge in [0.1, 0.15) is 17.5 Å². The van der Waals surface area contributed by atoms with Gasteiger partial charge in [0.15, 0.2) is 0 Å². The quantitative estimate of drug-likeness (QED) is 0.854. The maximum absolute atomic E-state index is 4.67. The van der Waals surface area contributed by atoms with Crippen molar-refractivity contribution in [3.8, 4) is 0 Å². The van der Waals surface area contributed by atoms with E-state index in [-0.39, 0.29) is 0 Å². The molecule has 0 amide bonds. The Morgan fingerprint density at radius 1 is 1.00 bits per heavy atom. The molecular formula is C21H31N5. The van der Waals surface area contributed by atoms with Gasteiger partial charge in [-0.1, -0.05) is 26.0 Å². The van der Waals surface area contributed by atoms with Crippen LogP contribution in [-0.4, -0.2) is 42.7 Å². The van der Waals surface area contributed by atoms with Crippen molar-refractivity contribution < 1.29 is 0 Å². The van der Waals surface area contributed by atoms with Gasteiger partial charge in [-0.25, -0.2) is 9.97 Å². The van der Waals surface area contributed by atoms with Crippen LogP contribution in [0.3, 0.4) is 0 Å². The molecule has 0 radical (unpaired) electrons. The number of nitrogens with one attached hydrogen (secondary N) is 1. The highest BCUT2D eigenvalue weighted by atomic mass is 15.3. The summed E-state index contributed by atoms with van der Waals surface area (Å²) < 4.78 is 0. The van der Waals surface area contributed by atoms with Gasteiger partial charge in [0.25, 0.3) is 0 Å². The van der Waals surface area contributed by atoms with E-state index in [4.69, 9.17) is 0 Å². The van der Waals surface area contributed by atoms with Crippen molar-refractivity contribution in [2.75, 3.05) is 47.8 Å². The average Bonchev–Trinajstić information content (AvgIpc) is 2.61. The van der Waals surface area contributed by atoms with Crippen LogP contribution in [0.5, 0.6) is 0 Å². The standard InChI is InChI=1S/C21H31N5/c1-16(2)8-9-22-20-15-21(24-18(4)23-20)26-12-10-25(11-13-26)19-7-5-6-17(3)14-19/h5-7,14-16H,8-13H2,1-4H3,(H,22,23,24). The van der Waals surface area contributed by atoms with Gasteiger partial charge in [0, 0.05) is 44.5 Å². The first kappa shape index (κ1) is 18.5. The predicted octanol–water partition coefficient (Wildman–Crippen LogP) is 3.88. The van der Waals surface area contributed by atoms with E-state index < -0.39 is 0 Å². The number of aromatic nitrogens is 2. The fourth-order valence-corrected chi connectivity index (χ4v) is 3.31. The molecule has 1 aromatic carbocycles. The van der Waals surface area contributed by atoms with Gasteiger partial charge in [0.2, 0.25) is 0 Å². The predicted molar refractivity (Wildman–Crippen MR) is 110 cm³/mol. The number of aryl methyl sites for hydroxylation is 2. The van der Waals surface area contributed by atoms with Crippen LogP contribution in [0.25, 0.3) is 0 Å². The first-order chi connectivity index (χ1) is 12.5. The fraction of sp³-hybridized carbons (Fsp3) is 0.524. The second kappa shape index (κ2) is 8.39. The van der Waals surface area contributed by atoms with Crippen LogP contribution >= 0.6 is 0 Å². The third-order valence-electron chi connectivity index (χ3n) is 4.82. The van der Waals surface area contributed by atoms with E-state index in [1.54, 1.807) is 0 Å². The largest absolute Gasteiger partial charge is 0.370 e. The van der Waals surface area contributed by atoms with Crippen molar-refractivity contribution in [1.29, 1.82) is 0 Å². The van der Waals surface area contributed by atoms with Crippen LogP contribution in [-0.2, 0) is 0 Å². The van der Waals surface area contributed by atoms with E-state index >= 15 is 0 Å². The molecule has 1 aromatic heterocycles. The summed E-state index contributed by atoms with van der Waals surface area (Å²) in [4.78, 5) is 14.0. The highest BCUT2D eigenvalue weighted by molar-refractivity contribution is 5.53. The minimum Gasteiger partial charge on any atom is -0.370 e. The minimum absolute atomic E-state index is 0.694. The molecule has 5 nitrogen and oxygen atoms in total. The zero-order chi connectivity index (χ0) is 18.5. The maximum atomic E-state index is 4.67. The van der Waals surface area contributed by atoms with Gasteiger partial charge in [-0.15, -0.1) is 0 Å². The molecule has 0 atom stereocenters. The number of rotatable bonds is 6. The van der Waals surface area contributed by atoms with Crippen molar-refractivity contribution >= 4 is 17.3 Å². The molecule has 0 saturated carbocycles. The number of benzene rings is 1. The molecular weight excluding hydrogens is 322 g/mol. The Kier molecular flexibility index (Phi) is 5.96. The van der Waals surface area contributed by atoms with E-state index in [2.05, 4.69) is 76.2 Å². The summed E-state index contributed by atoms with van der Waals surface area (Å²) in [6, 6.07) is 10.8. The van der Waals surface area contributed by atoms with Crippen LogP contribution in [0.15, 0.2) is 30.3 Å². The summed E-state index contributed by atoms with van der Waals surface area (Å²) in [7, 11) is 0. The molecule has 140 valence electrons. The van der Waals surface area contributed by atoms with E-state index in [9.17, 15) is 0 Å². The maximum Gasteiger partial charge on any atom is 0.134 e. The summed E-state index contributed by atoms with van der Waals surface area (Å²) in [5.41, 5.74) is 2.63. The van der Waals surface area contributed by atoms with Crippen LogP contribution in [0.1, 0.15) is 31.7 Å². The lowest BCUT2D eigenvalue weighted by Crippen LogP contribution is -2.47. The monoisotopic (exact) mass is 353 g/mol. The van der Waals surface area contributed by atoms with Gasteiger partial charge in [-0.05, 0) is 43.9 Å². The van der Waals surface area contributed by atoms with Gasteiger partial charge in [-0.3, -0.25) is 0 Å². The third-order valence-corrected chi connectivity index (χ3v) is 4.82. The molecule has 1 saturated heterocycles. The Balaban J connectivity index is 1.62. The Morgan fingerprint density at radius 2 is 1.73 bits per heavy atom. The topological polar surface area (TPSA) is 44.3 Å². The van der Waals surface area contributed by atoms with Crippen LogP contribution < -0.4 is 15.1 Å². The van der Waals surface area contributed by atoms with Crippen molar-refractivity contribution in [3.05, 3.63) is 41.7 Å². The third kappa shape index (κ3) is 4.87. The first-order valence-corrected chi connectivity index (χ1v) is 9.67. The summed E-state index contributed by atoms with van der Waals surface area (Å²) in [6.45, 7) is 13.6. The second-order valence-electron chi connectivity index (χ2n) is 7.58. The molecule has 2 aromatic rings. The van der Waals surface area contributed by atoms with Crippen molar-refractivity contribution in [2.45, 2.75) is 34.1 Å². The van der Waals surface area contributed by atoms with E-state index in [0.717, 1.165) is 56.6 Å². The van der Waals surface area contributed by atoms with Gasteiger partial charge in [0.05, 0.1) is 0 Å². The number of piperazine rings is 1. The first-order valence-electron chi connectivity index (χ1n) is 9.67. The number of hydrogen-bond acceptors (Lipinski definition) is 5. The lowest BCUT2D eigenvalue weighted by Gasteiger charge is -2.37. The fourth-order valence-electron chi connectivity index (χ4n) is 3.31. The SMILES string of the molecule is Cc1cccc(N2CCN(c3cc(NCCC(C)C)nc(C)n3)CC2)c1. The van der Waals surface area contributed by atoms with Crippen molar-refractivity contribution in [1.82, 2.24) is 9.97 Å². The van der Waals surface area contributed by atoms with Crippen molar-refractivity contribution in [3.63, 3.8) is 0 Å². The average molecular weight is 354 g/mol. The Labute approximate surface area is 157 Å². The number of hydrogen-bond donors (Lipinski definition) is 1. The zero-order valence-electron chi connectivity index (χ0n) is 16.5. The van der Waals surface area contributed by atoms with Crippen LogP contribution in [0, 0.1) is 19.8 Å². The molecule has 1 aliphatic heterocycles. The summed E-state index contributed by atoms with van der Waals surface area (Å²) in [5, 5.41) is 3.45. The number of anilines is 3. The molecule has 2 heterocycles. The highest BCUT2D eigenvalue weighted by Crippen LogP contribution is 2.22. The summed E-state index contributed by atoms with van der Waals surface area (Å²) in [6.07, 6.45) is 1.15. The minimum atomic E-state index is 0.694. The lowest BCUT2D eigenvalue weighted by atomic mass is 10.1. The van der Waals surface area contributed by atoms with Gasteiger partial charge < -0.3 is 15.1 Å². The molecule has 5 heteroatoms. The lowest BCUT2D eigenvalue weighted by molar-refractivity contribution is 0.606. The normalized spacial score (nSPS) is 14.8. The van der Waals surface area contributed by atoms with Crippen LogP contribution in [0.4, 0.5) is 17.3 Å². The molecule has 0 unspecified atom stereocenters. The molecule has 0 bridgehead atoms. The number of nitrogens with zero attached hydrogens (tertiary/aromatic N) is 4.